The zero-order valence-corrected chi connectivity index (χ0v) is 10.7. The molecule has 0 bridgehead atoms. The molecule has 3 N–H and O–H groups in total. The SMILES string of the molecule is Cc1coc(SCC(=O)Nc2ccc(N)cc2)n1. The smallest absolute Gasteiger partial charge is 0.256 e. The van der Waals surface area contributed by atoms with Crippen LogP contribution in [0, 0.1) is 6.92 Å². The highest BCUT2D eigenvalue weighted by Crippen LogP contribution is 2.17. The van der Waals surface area contributed by atoms with Gasteiger partial charge in [0.2, 0.25) is 5.91 Å². The van der Waals surface area contributed by atoms with Gasteiger partial charge in [-0.2, -0.15) is 0 Å². The van der Waals surface area contributed by atoms with Gasteiger partial charge in [-0.3, -0.25) is 4.79 Å². The minimum Gasteiger partial charge on any atom is -0.440 e. The Kier molecular flexibility index (Phi) is 3.88. The highest BCUT2D eigenvalue weighted by molar-refractivity contribution is 7.99. The third kappa shape index (κ3) is 3.53. The third-order valence-corrected chi connectivity index (χ3v) is 2.96. The fourth-order valence-corrected chi connectivity index (χ4v) is 1.94. The molecule has 6 heteroatoms. The van der Waals surface area contributed by atoms with Gasteiger partial charge in [-0.25, -0.2) is 4.98 Å². The van der Waals surface area contributed by atoms with Crippen molar-refractivity contribution in [3.05, 3.63) is 36.2 Å². The van der Waals surface area contributed by atoms with E-state index in [0.29, 0.717) is 10.9 Å². The molecule has 0 unspecified atom stereocenters. The number of nitrogens with zero attached hydrogens (tertiary/aromatic N) is 1. The van der Waals surface area contributed by atoms with E-state index in [-0.39, 0.29) is 11.7 Å². The minimum absolute atomic E-state index is 0.111. The Bertz CT molecular complexity index is 537. The number of carbonyl (C=O) groups excluding carboxylic acids is 1. The van der Waals surface area contributed by atoms with Crippen LogP contribution in [0.3, 0.4) is 0 Å². The fraction of sp³-hybridized carbons (Fsp3) is 0.167. The Morgan fingerprint density at radius 1 is 1.44 bits per heavy atom. The van der Waals surface area contributed by atoms with E-state index in [1.165, 1.54) is 11.8 Å². The van der Waals surface area contributed by atoms with Crippen molar-refractivity contribution >= 4 is 29.0 Å². The Morgan fingerprint density at radius 2 is 2.17 bits per heavy atom. The number of nitrogens with two attached hydrogens (primary N) is 1. The van der Waals surface area contributed by atoms with Gasteiger partial charge in [0.15, 0.2) is 0 Å². The van der Waals surface area contributed by atoms with Crippen LogP contribution in [0.2, 0.25) is 0 Å². The second-order valence-electron chi connectivity index (χ2n) is 3.71. The van der Waals surface area contributed by atoms with Crippen LogP contribution in [0.15, 0.2) is 40.2 Å². The van der Waals surface area contributed by atoms with Crippen molar-refractivity contribution in [3.63, 3.8) is 0 Å². The third-order valence-electron chi connectivity index (χ3n) is 2.12. The van der Waals surface area contributed by atoms with Crippen molar-refractivity contribution in [1.82, 2.24) is 4.98 Å². The van der Waals surface area contributed by atoms with E-state index in [9.17, 15) is 4.79 Å². The molecule has 0 aliphatic rings. The molecular formula is C12H13N3O2S. The molecule has 0 saturated heterocycles. The topological polar surface area (TPSA) is 81.2 Å². The molecule has 0 atom stereocenters. The first-order valence-electron chi connectivity index (χ1n) is 5.34. The van der Waals surface area contributed by atoms with E-state index in [1.807, 2.05) is 6.92 Å². The second-order valence-corrected chi connectivity index (χ2v) is 4.64. The van der Waals surface area contributed by atoms with Crippen molar-refractivity contribution in [2.45, 2.75) is 12.1 Å². The molecule has 1 aromatic carbocycles. The van der Waals surface area contributed by atoms with Gasteiger partial charge in [0.25, 0.3) is 5.22 Å². The number of hydrogen-bond acceptors (Lipinski definition) is 5. The van der Waals surface area contributed by atoms with Gasteiger partial charge in [-0.05, 0) is 31.2 Å². The molecule has 1 amide bonds. The summed E-state index contributed by atoms with van der Waals surface area (Å²) in [4.78, 5) is 15.7. The first-order valence-corrected chi connectivity index (χ1v) is 6.32. The Balaban J connectivity index is 1.83. The van der Waals surface area contributed by atoms with Gasteiger partial charge in [0.1, 0.15) is 6.26 Å². The first-order chi connectivity index (χ1) is 8.63. The number of nitrogens with one attached hydrogen (secondary N) is 1. The summed E-state index contributed by atoms with van der Waals surface area (Å²) in [5.74, 6) is 0.144. The maximum Gasteiger partial charge on any atom is 0.256 e. The van der Waals surface area contributed by atoms with Crippen LogP contribution in [0.5, 0.6) is 0 Å². The van der Waals surface area contributed by atoms with Gasteiger partial charge < -0.3 is 15.5 Å². The highest BCUT2D eigenvalue weighted by atomic mass is 32.2. The van der Waals surface area contributed by atoms with Crippen LogP contribution < -0.4 is 11.1 Å². The summed E-state index contributed by atoms with van der Waals surface area (Å²) in [6, 6.07) is 6.99. The molecule has 18 heavy (non-hydrogen) atoms. The van der Waals surface area contributed by atoms with Crippen LogP contribution in [0.4, 0.5) is 11.4 Å². The molecule has 0 aliphatic carbocycles. The number of thioether (sulfide) groups is 1. The van der Waals surface area contributed by atoms with Gasteiger partial charge in [0.05, 0.1) is 11.4 Å². The number of rotatable bonds is 4. The Labute approximate surface area is 109 Å². The molecule has 1 heterocycles. The summed E-state index contributed by atoms with van der Waals surface area (Å²) in [6.45, 7) is 1.84. The lowest BCUT2D eigenvalue weighted by Gasteiger charge is -2.04. The van der Waals surface area contributed by atoms with Gasteiger partial charge in [-0.1, -0.05) is 11.8 Å². The summed E-state index contributed by atoms with van der Waals surface area (Å²) < 4.78 is 5.14. The number of aryl methyl sites for hydroxylation is 1. The lowest BCUT2D eigenvalue weighted by molar-refractivity contribution is -0.113. The molecule has 2 rings (SSSR count). The van der Waals surface area contributed by atoms with E-state index in [1.54, 1.807) is 30.5 Å². The van der Waals surface area contributed by atoms with Crippen molar-refractivity contribution in [3.8, 4) is 0 Å². The van der Waals surface area contributed by atoms with Gasteiger partial charge in [-0.15, -0.1) is 0 Å². The predicted octanol–water partition coefficient (Wildman–Crippen LogP) is 2.30. The van der Waals surface area contributed by atoms with Crippen molar-refractivity contribution in [1.29, 1.82) is 0 Å². The molecule has 2 aromatic rings. The average Bonchev–Trinajstić information content (AvgIpc) is 2.76. The minimum atomic E-state index is -0.111. The largest absolute Gasteiger partial charge is 0.440 e. The number of oxazole rings is 1. The number of hydrogen-bond donors (Lipinski definition) is 2. The first kappa shape index (κ1) is 12.5. The van der Waals surface area contributed by atoms with Gasteiger partial charge >= 0.3 is 0 Å². The van der Waals surface area contributed by atoms with E-state index in [2.05, 4.69) is 10.3 Å². The van der Waals surface area contributed by atoms with E-state index in [0.717, 1.165) is 11.4 Å². The summed E-state index contributed by atoms with van der Waals surface area (Å²) >= 11 is 1.26. The molecule has 1 aromatic heterocycles. The molecule has 0 radical (unpaired) electrons. The average molecular weight is 263 g/mol. The van der Waals surface area contributed by atoms with Crippen molar-refractivity contribution in [2.75, 3.05) is 16.8 Å². The fourth-order valence-electron chi connectivity index (χ4n) is 1.29. The zero-order valence-electron chi connectivity index (χ0n) is 9.84. The maximum atomic E-state index is 11.6. The van der Waals surface area contributed by atoms with Crippen LogP contribution in [-0.2, 0) is 4.79 Å². The summed E-state index contributed by atoms with van der Waals surface area (Å²) in [6.07, 6.45) is 1.56. The van der Waals surface area contributed by atoms with Crippen LogP contribution in [-0.4, -0.2) is 16.6 Å². The van der Waals surface area contributed by atoms with E-state index >= 15 is 0 Å². The quantitative estimate of drug-likeness (QED) is 0.653. The van der Waals surface area contributed by atoms with Crippen molar-refractivity contribution < 1.29 is 9.21 Å². The summed E-state index contributed by atoms with van der Waals surface area (Å²) in [5.41, 5.74) is 7.74. The Morgan fingerprint density at radius 3 is 2.78 bits per heavy atom. The predicted molar refractivity (Wildman–Crippen MR) is 71.4 cm³/mol. The van der Waals surface area contributed by atoms with E-state index in [4.69, 9.17) is 10.2 Å². The summed E-state index contributed by atoms with van der Waals surface area (Å²) in [7, 11) is 0. The lowest BCUT2D eigenvalue weighted by atomic mass is 10.3. The number of aromatic nitrogens is 1. The molecule has 0 fully saturated rings. The van der Waals surface area contributed by atoms with Crippen LogP contribution in [0.25, 0.3) is 0 Å². The monoisotopic (exact) mass is 263 g/mol. The molecule has 94 valence electrons. The number of carbonyl (C=O) groups is 1. The zero-order chi connectivity index (χ0) is 13.0. The molecule has 5 nitrogen and oxygen atoms in total. The van der Waals surface area contributed by atoms with Crippen LogP contribution in [0.1, 0.15) is 5.69 Å². The summed E-state index contributed by atoms with van der Waals surface area (Å²) in [5, 5.41) is 3.26. The number of anilines is 2. The lowest BCUT2D eigenvalue weighted by Crippen LogP contribution is -2.13. The highest BCUT2D eigenvalue weighted by Gasteiger charge is 2.07. The normalized spacial score (nSPS) is 10.3. The van der Waals surface area contributed by atoms with Gasteiger partial charge in [0, 0.05) is 11.4 Å². The maximum absolute atomic E-state index is 11.6. The molecule has 0 saturated carbocycles. The Hall–Kier alpha value is -1.95. The van der Waals surface area contributed by atoms with E-state index < -0.39 is 0 Å². The number of benzene rings is 1. The standard InChI is InChI=1S/C12H13N3O2S/c1-8-6-17-12(14-8)18-7-11(16)15-10-4-2-9(13)3-5-10/h2-6H,7,13H2,1H3,(H,15,16). The van der Waals surface area contributed by atoms with Crippen molar-refractivity contribution in [2.24, 2.45) is 0 Å². The number of nitrogen functional groups attached to an aromatic ring is 1. The molecule has 0 spiro atoms. The second kappa shape index (κ2) is 5.59. The number of amides is 1. The van der Waals surface area contributed by atoms with Crippen LogP contribution >= 0.6 is 11.8 Å². The molecule has 0 aliphatic heterocycles. The molecular weight excluding hydrogens is 250 g/mol.